The Morgan fingerprint density at radius 1 is 1.43 bits per heavy atom. The molecular formula is C16H20ClN3S. The van der Waals surface area contributed by atoms with E-state index in [1.165, 1.54) is 29.8 Å². The van der Waals surface area contributed by atoms with Crippen molar-refractivity contribution < 1.29 is 0 Å². The number of thiazole rings is 1. The highest BCUT2D eigenvalue weighted by molar-refractivity contribution is 7.15. The fraction of sp³-hybridized carbons (Fsp3) is 0.500. The standard InChI is InChI=1S/C16H20ClN3S/c1-2-8-18-9-11-4-3-5-14-15(11)20-16(21-14)13-7-6-12(17)10-19-13/h6-7,10-11,18H,2-5,8-9H2,1H3. The summed E-state index contributed by atoms with van der Waals surface area (Å²) in [5.41, 5.74) is 2.22. The van der Waals surface area contributed by atoms with Gasteiger partial charge in [0, 0.05) is 23.5 Å². The van der Waals surface area contributed by atoms with Gasteiger partial charge in [0.25, 0.3) is 0 Å². The largest absolute Gasteiger partial charge is 0.316 e. The molecule has 1 aliphatic rings. The molecule has 1 atom stereocenters. The van der Waals surface area contributed by atoms with Crippen LogP contribution >= 0.6 is 22.9 Å². The van der Waals surface area contributed by atoms with Crippen LogP contribution in [0.25, 0.3) is 10.7 Å². The van der Waals surface area contributed by atoms with E-state index in [4.69, 9.17) is 16.6 Å². The number of hydrogen-bond acceptors (Lipinski definition) is 4. The Balaban J connectivity index is 1.82. The Morgan fingerprint density at radius 2 is 2.33 bits per heavy atom. The Bertz CT molecular complexity index is 594. The molecule has 2 aromatic heterocycles. The first-order valence-corrected chi connectivity index (χ1v) is 8.79. The van der Waals surface area contributed by atoms with Gasteiger partial charge in [-0.25, -0.2) is 4.98 Å². The molecule has 2 aromatic rings. The predicted octanol–water partition coefficient (Wildman–Crippen LogP) is 4.28. The van der Waals surface area contributed by atoms with Crippen molar-refractivity contribution in [3.05, 3.63) is 33.9 Å². The van der Waals surface area contributed by atoms with Gasteiger partial charge in [0.15, 0.2) is 0 Å². The third-order valence-corrected chi connectivity index (χ3v) is 5.21. The summed E-state index contributed by atoms with van der Waals surface area (Å²) in [5, 5.41) is 5.23. The molecule has 2 heterocycles. The van der Waals surface area contributed by atoms with Gasteiger partial charge < -0.3 is 5.32 Å². The van der Waals surface area contributed by atoms with Crippen molar-refractivity contribution in [1.82, 2.24) is 15.3 Å². The third kappa shape index (κ3) is 3.44. The molecule has 0 aliphatic heterocycles. The van der Waals surface area contributed by atoms with Crippen LogP contribution in [0.3, 0.4) is 0 Å². The minimum absolute atomic E-state index is 0.553. The van der Waals surface area contributed by atoms with Crippen LogP contribution in [0.15, 0.2) is 18.3 Å². The molecule has 1 aliphatic carbocycles. The molecule has 21 heavy (non-hydrogen) atoms. The third-order valence-electron chi connectivity index (χ3n) is 3.83. The number of halogens is 1. The molecule has 5 heteroatoms. The number of nitrogens with one attached hydrogen (secondary N) is 1. The second kappa shape index (κ2) is 6.86. The molecule has 1 unspecified atom stereocenters. The van der Waals surface area contributed by atoms with Crippen LogP contribution in [0, 0.1) is 0 Å². The zero-order chi connectivity index (χ0) is 14.7. The Labute approximate surface area is 134 Å². The zero-order valence-electron chi connectivity index (χ0n) is 12.2. The lowest BCUT2D eigenvalue weighted by Crippen LogP contribution is -2.24. The average Bonchev–Trinajstić information content (AvgIpc) is 2.93. The fourth-order valence-electron chi connectivity index (χ4n) is 2.77. The van der Waals surface area contributed by atoms with Crippen LogP contribution in [0.1, 0.15) is 42.7 Å². The van der Waals surface area contributed by atoms with Crippen LogP contribution in [0.2, 0.25) is 5.02 Å². The van der Waals surface area contributed by atoms with Gasteiger partial charge in [-0.1, -0.05) is 18.5 Å². The molecule has 1 N–H and O–H groups in total. The van der Waals surface area contributed by atoms with E-state index in [-0.39, 0.29) is 0 Å². The highest BCUT2D eigenvalue weighted by Crippen LogP contribution is 2.37. The predicted molar refractivity (Wildman–Crippen MR) is 89.2 cm³/mol. The SMILES string of the molecule is CCCNCC1CCCc2sc(-c3ccc(Cl)cn3)nc21. The van der Waals surface area contributed by atoms with Crippen molar-refractivity contribution in [2.24, 2.45) is 0 Å². The highest BCUT2D eigenvalue weighted by atomic mass is 35.5. The van der Waals surface area contributed by atoms with E-state index in [0.29, 0.717) is 10.9 Å². The molecule has 0 saturated heterocycles. The number of rotatable bonds is 5. The van der Waals surface area contributed by atoms with Gasteiger partial charge >= 0.3 is 0 Å². The summed E-state index contributed by atoms with van der Waals surface area (Å²) in [6, 6.07) is 3.83. The fourth-order valence-corrected chi connectivity index (χ4v) is 4.05. The molecule has 3 nitrogen and oxygen atoms in total. The molecule has 0 fully saturated rings. The molecule has 0 aromatic carbocycles. The Kier molecular flexibility index (Phi) is 4.88. The van der Waals surface area contributed by atoms with E-state index in [1.54, 1.807) is 17.5 Å². The normalized spacial score (nSPS) is 17.7. The van der Waals surface area contributed by atoms with Crippen molar-refractivity contribution in [1.29, 1.82) is 0 Å². The lowest BCUT2D eigenvalue weighted by atomic mass is 9.91. The molecule has 3 rings (SSSR count). The van der Waals surface area contributed by atoms with E-state index >= 15 is 0 Å². The number of aromatic nitrogens is 2. The lowest BCUT2D eigenvalue weighted by molar-refractivity contribution is 0.502. The molecule has 0 radical (unpaired) electrons. The maximum Gasteiger partial charge on any atom is 0.142 e. The van der Waals surface area contributed by atoms with Gasteiger partial charge in [0.2, 0.25) is 0 Å². The van der Waals surface area contributed by atoms with Crippen LogP contribution in [-0.2, 0) is 6.42 Å². The molecule has 0 amide bonds. The smallest absolute Gasteiger partial charge is 0.142 e. The summed E-state index contributed by atoms with van der Waals surface area (Å²) in [6.45, 7) is 4.33. The quantitative estimate of drug-likeness (QED) is 0.835. The number of aryl methyl sites for hydroxylation is 1. The van der Waals surface area contributed by atoms with Crippen molar-refractivity contribution in [2.45, 2.75) is 38.5 Å². The number of pyridine rings is 1. The van der Waals surface area contributed by atoms with E-state index < -0.39 is 0 Å². The van der Waals surface area contributed by atoms with Crippen LogP contribution in [-0.4, -0.2) is 23.1 Å². The summed E-state index contributed by atoms with van der Waals surface area (Å²) in [6.07, 6.45) is 6.53. The monoisotopic (exact) mass is 321 g/mol. The zero-order valence-corrected chi connectivity index (χ0v) is 13.8. The summed E-state index contributed by atoms with van der Waals surface area (Å²) < 4.78 is 0. The molecule has 0 bridgehead atoms. The van der Waals surface area contributed by atoms with Crippen molar-refractivity contribution in [3.8, 4) is 10.7 Å². The first-order chi connectivity index (χ1) is 10.3. The van der Waals surface area contributed by atoms with Gasteiger partial charge in [0.05, 0.1) is 16.4 Å². The van der Waals surface area contributed by atoms with Gasteiger partial charge in [-0.15, -0.1) is 11.3 Å². The summed E-state index contributed by atoms with van der Waals surface area (Å²) >= 11 is 7.70. The summed E-state index contributed by atoms with van der Waals surface area (Å²) in [7, 11) is 0. The molecular weight excluding hydrogens is 302 g/mol. The van der Waals surface area contributed by atoms with Gasteiger partial charge in [-0.2, -0.15) is 0 Å². The van der Waals surface area contributed by atoms with Crippen molar-refractivity contribution in [2.75, 3.05) is 13.1 Å². The Hall–Kier alpha value is -0.970. The highest BCUT2D eigenvalue weighted by Gasteiger charge is 2.25. The minimum Gasteiger partial charge on any atom is -0.316 e. The van der Waals surface area contributed by atoms with Crippen molar-refractivity contribution in [3.63, 3.8) is 0 Å². The maximum atomic E-state index is 5.91. The van der Waals surface area contributed by atoms with E-state index in [2.05, 4.69) is 17.2 Å². The van der Waals surface area contributed by atoms with Crippen LogP contribution < -0.4 is 5.32 Å². The number of hydrogen-bond donors (Lipinski definition) is 1. The van der Waals surface area contributed by atoms with E-state index in [0.717, 1.165) is 30.2 Å². The maximum absolute atomic E-state index is 5.91. The summed E-state index contributed by atoms with van der Waals surface area (Å²) in [4.78, 5) is 10.7. The van der Waals surface area contributed by atoms with Gasteiger partial charge in [0.1, 0.15) is 5.01 Å². The second-order valence-electron chi connectivity index (χ2n) is 5.48. The minimum atomic E-state index is 0.553. The lowest BCUT2D eigenvalue weighted by Gasteiger charge is -2.21. The van der Waals surface area contributed by atoms with Gasteiger partial charge in [-0.3, -0.25) is 4.98 Å². The molecule has 0 saturated carbocycles. The topological polar surface area (TPSA) is 37.8 Å². The molecule has 112 valence electrons. The van der Waals surface area contributed by atoms with Crippen LogP contribution in [0.4, 0.5) is 0 Å². The van der Waals surface area contributed by atoms with Crippen molar-refractivity contribution >= 4 is 22.9 Å². The second-order valence-corrected chi connectivity index (χ2v) is 7.00. The first-order valence-electron chi connectivity index (χ1n) is 7.60. The first kappa shape index (κ1) is 14.9. The van der Waals surface area contributed by atoms with E-state index in [9.17, 15) is 0 Å². The summed E-state index contributed by atoms with van der Waals surface area (Å²) in [5.74, 6) is 0.553. The van der Waals surface area contributed by atoms with Crippen LogP contribution in [0.5, 0.6) is 0 Å². The average molecular weight is 322 g/mol. The van der Waals surface area contributed by atoms with Gasteiger partial charge in [-0.05, 0) is 44.4 Å². The molecule has 0 spiro atoms. The Morgan fingerprint density at radius 3 is 3.10 bits per heavy atom. The number of nitrogens with zero attached hydrogens (tertiary/aromatic N) is 2. The van der Waals surface area contributed by atoms with E-state index in [1.807, 2.05) is 12.1 Å². The number of fused-ring (bicyclic) bond motifs is 1.